The average molecular weight is 233 g/mol. The highest BCUT2D eigenvalue weighted by atomic mass is 14.9. The zero-order chi connectivity index (χ0) is 12.8. The van der Waals surface area contributed by atoms with Crippen LogP contribution in [0.3, 0.4) is 0 Å². The summed E-state index contributed by atoms with van der Waals surface area (Å²) in [5.41, 5.74) is 2.88. The highest BCUT2D eigenvalue weighted by molar-refractivity contribution is 5.24. The number of nitrogens with one attached hydrogen (secondary N) is 1. The van der Waals surface area contributed by atoms with E-state index < -0.39 is 0 Å². The van der Waals surface area contributed by atoms with Gasteiger partial charge in [0.15, 0.2) is 0 Å². The number of rotatable bonds is 6. The highest BCUT2D eigenvalue weighted by Crippen LogP contribution is 2.16. The average Bonchev–Trinajstić information content (AvgIpc) is 2.27. The van der Waals surface area contributed by atoms with Crippen molar-refractivity contribution in [2.45, 2.75) is 53.0 Å². The molecule has 0 amide bonds. The third-order valence-corrected chi connectivity index (χ3v) is 3.11. The monoisotopic (exact) mass is 233 g/mol. The first-order valence-corrected chi connectivity index (χ1v) is 6.81. The summed E-state index contributed by atoms with van der Waals surface area (Å²) in [5.74, 6) is 1.33. The van der Waals surface area contributed by atoms with Crippen LogP contribution in [-0.4, -0.2) is 12.6 Å². The van der Waals surface area contributed by atoms with Crippen molar-refractivity contribution in [2.24, 2.45) is 5.92 Å². The SMILES string of the molecule is CC(CNC(C)C)Cc1ccc(C(C)C)cc1. The summed E-state index contributed by atoms with van der Waals surface area (Å²) >= 11 is 0. The van der Waals surface area contributed by atoms with E-state index in [0.29, 0.717) is 17.9 Å². The zero-order valence-electron chi connectivity index (χ0n) is 12.0. The van der Waals surface area contributed by atoms with Gasteiger partial charge in [-0.2, -0.15) is 0 Å². The molecule has 0 aliphatic rings. The Hall–Kier alpha value is -0.820. The fourth-order valence-corrected chi connectivity index (χ4v) is 1.95. The molecule has 1 heteroatoms. The van der Waals surface area contributed by atoms with Gasteiger partial charge in [0.25, 0.3) is 0 Å². The molecule has 1 N–H and O–H groups in total. The first-order valence-electron chi connectivity index (χ1n) is 6.81. The molecule has 1 rings (SSSR count). The van der Waals surface area contributed by atoms with Gasteiger partial charge in [0.1, 0.15) is 0 Å². The lowest BCUT2D eigenvalue weighted by Gasteiger charge is -2.15. The van der Waals surface area contributed by atoms with Gasteiger partial charge in [0, 0.05) is 6.04 Å². The second-order valence-corrected chi connectivity index (χ2v) is 5.77. The van der Waals surface area contributed by atoms with Crippen LogP contribution in [-0.2, 0) is 6.42 Å². The van der Waals surface area contributed by atoms with Gasteiger partial charge in [-0.1, -0.05) is 58.9 Å². The smallest absolute Gasteiger partial charge is 0.00104 e. The highest BCUT2D eigenvalue weighted by Gasteiger charge is 2.05. The molecule has 0 fully saturated rings. The molecule has 0 saturated carbocycles. The van der Waals surface area contributed by atoms with Gasteiger partial charge in [-0.05, 0) is 35.9 Å². The third kappa shape index (κ3) is 5.36. The number of benzene rings is 1. The van der Waals surface area contributed by atoms with E-state index in [-0.39, 0.29) is 0 Å². The molecule has 96 valence electrons. The van der Waals surface area contributed by atoms with Crippen molar-refractivity contribution in [3.05, 3.63) is 35.4 Å². The van der Waals surface area contributed by atoms with E-state index in [9.17, 15) is 0 Å². The fraction of sp³-hybridized carbons (Fsp3) is 0.625. The predicted molar refractivity (Wildman–Crippen MR) is 76.5 cm³/mol. The third-order valence-electron chi connectivity index (χ3n) is 3.11. The maximum absolute atomic E-state index is 3.50. The van der Waals surface area contributed by atoms with Gasteiger partial charge in [-0.15, -0.1) is 0 Å². The molecule has 17 heavy (non-hydrogen) atoms. The van der Waals surface area contributed by atoms with Crippen LogP contribution in [0.15, 0.2) is 24.3 Å². The van der Waals surface area contributed by atoms with Crippen LogP contribution in [0, 0.1) is 5.92 Å². The zero-order valence-corrected chi connectivity index (χ0v) is 12.0. The van der Waals surface area contributed by atoms with Crippen LogP contribution in [0.25, 0.3) is 0 Å². The minimum atomic E-state index is 0.584. The van der Waals surface area contributed by atoms with E-state index >= 15 is 0 Å². The largest absolute Gasteiger partial charge is 0.314 e. The van der Waals surface area contributed by atoms with E-state index in [2.05, 4.69) is 64.2 Å². The van der Waals surface area contributed by atoms with Crippen molar-refractivity contribution in [3.63, 3.8) is 0 Å². The van der Waals surface area contributed by atoms with Crippen molar-refractivity contribution in [3.8, 4) is 0 Å². The quantitative estimate of drug-likeness (QED) is 0.783. The van der Waals surface area contributed by atoms with Crippen LogP contribution in [0.5, 0.6) is 0 Å². The molecular formula is C16H27N. The maximum atomic E-state index is 3.50. The summed E-state index contributed by atoms with van der Waals surface area (Å²) in [6, 6.07) is 9.67. The minimum Gasteiger partial charge on any atom is -0.314 e. The summed E-state index contributed by atoms with van der Waals surface area (Å²) in [6.45, 7) is 12.3. The van der Waals surface area contributed by atoms with Crippen molar-refractivity contribution in [1.82, 2.24) is 5.32 Å². The maximum Gasteiger partial charge on any atom is 0.00104 e. The van der Waals surface area contributed by atoms with Crippen molar-refractivity contribution >= 4 is 0 Å². The van der Waals surface area contributed by atoms with E-state index in [1.807, 2.05) is 0 Å². The summed E-state index contributed by atoms with van der Waals surface area (Å²) in [6.07, 6.45) is 1.16. The second kappa shape index (κ2) is 6.80. The summed E-state index contributed by atoms with van der Waals surface area (Å²) in [4.78, 5) is 0. The van der Waals surface area contributed by atoms with Gasteiger partial charge >= 0.3 is 0 Å². The van der Waals surface area contributed by atoms with Gasteiger partial charge in [0.2, 0.25) is 0 Å². The molecule has 0 aromatic heterocycles. The molecule has 0 aliphatic heterocycles. The molecule has 0 spiro atoms. The fourth-order valence-electron chi connectivity index (χ4n) is 1.95. The van der Waals surface area contributed by atoms with Crippen LogP contribution < -0.4 is 5.32 Å². The second-order valence-electron chi connectivity index (χ2n) is 5.77. The summed E-state index contributed by atoms with van der Waals surface area (Å²) in [7, 11) is 0. The Morgan fingerprint density at radius 1 is 0.941 bits per heavy atom. The van der Waals surface area contributed by atoms with E-state index in [4.69, 9.17) is 0 Å². The van der Waals surface area contributed by atoms with Crippen molar-refractivity contribution < 1.29 is 0 Å². The van der Waals surface area contributed by atoms with E-state index in [1.165, 1.54) is 11.1 Å². The lowest BCUT2D eigenvalue weighted by Crippen LogP contribution is -2.28. The first-order chi connectivity index (χ1) is 7.99. The molecule has 1 atom stereocenters. The molecule has 0 radical (unpaired) electrons. The summed E-state index contributed by atoms with van der Waals surface area (Å²) in [5, 5.41) is 3.50. The minimum absolute atomic E-state index is 0.584. The Morgan fingerprint density at radius 3 is 2.00 bits per heavy atom. The molecular weight excluding hydrogens is 206 g/mol. The Labute approximate surface area is 107 Å². The topological polar surface area (TPSA) is 12.0 Å². The molecule has 1 aromatic carbocycles. The molecule has 0 aliphatic carbocycles. The Morgan fingerprint density at radius 2 is 1.53 bits per heavy atom. The molecule has 0 bridgehead atoms. The normalized spacial score (nSPS) is 13.4. The van der Waals surface area contributed by atoms with Crippen LogP contribution in [0.2, 0.25) is 0 Å². The van der Waals surface area contributed by atoms with Crippen LogP contribution in [0.1, 0.15) is 51.7 Å². The molecule has 0 heterocycles. The lowest BCUT2D eigenvalue weighted by molar-refractivity contribution is 0.476. The number of hydrogen-bond donors (Lipinski definition) is 1. The van der Waals surface area contributed by atoms with Gasteiger partial charge in [-0.25, -0.2) is 0 Å². The molecule has 1 nitrogen and oxygen atoms in total. The van der Waals surface area contributed by atoms with Crippen LogP contribution >= 0.6 is 0 Å². The Bertz CT molecular complexity index is 311. The Kier molecular flexibility index (Phi) is 5.70. The van der Waals surface area contributed by atoms with Crippen molar-refractivity contribution in [1.29, 1.82) is 0 Å². The van der Waals surface area contributed by atoms with Gasteiger partial charge < -0.3 is 5.32 Å². The van der Waals surface area contributed by atoms with Crippen molar-refractivity contribution in [2.75, 3.05) is 6.54 Å². The van der Waals surface area contributed by atoms with Crippen LogP contribution in [0.4, 0.5) is 0 Å². The van der Waals surface area contributed by atoms with E-state index in [1.54, 1.807) is 0 Å². The molecule has 1 unspecified atom stereocenters. The lowest BCUT2D eigenvalue weighted by atomic mass is 9.97. The standard InChI is InChI=1S/C16H27N/c1-12(2)16-8-6-15(7-9-16)10-14(5)11-17-13(3)4/h6-9,12-14,17H,10-11H2,1-5H3. The van der Waals surface area contributed by atoms with E-state index in [0.717, 1.165) is 13.0 Å². The Balaban J connectivity index is 2.45. The number of hydrogen-bond acceptors (Lipinski definition) is 1. The van der Waals surface area contributed by atoms with Gasteiger partial charge in [-0.3, -0.25) is 0 Å². The first kappa shape index (κ1) is 14.2. The summed E-state index contributed by atoms with van der Waals surface area (Å²) < 4.78 is 0. The molecule has 1 aromatic rings. The predicted octanol–water partition coefficient (Wildman–Crippen LogP) is 3.99. The van der Waals surface area contributed by atoms with Gasteiger partial charge in [0.05, 0.1) is 0 Å². The molecule has 0 saturated heterocycles.